The molecule has 2 aromatic carbocycles. The van der Waals surface area contributed by atoms with Gasteiger partial charge in [0.15, 0.2) is 5.43 Å². The van der Waals surface area contributed by atoms with Crippen molar-refractivity contribution in [2.75, 3.05) is 0 Å². The fraction of sp³-hybridized carbons (Fsp3) is 0.227. The highest BCUT2D eigenvalue weighted by molar-refractivity contribution is 5.88. The number of H-pyrrole nitrogens is 1. The van der Waals surface area contributed by atoms with Crippen molar-refractivity contribution >= 4 is 21.9 Å². The molecule has 0 fully saturated rings. The summed E-state index contributed by atoms with van der Waals surface area (Å²) in [6.07, 6.45) is 0. The minimum atomic E-state index is -0.217. The molecular formula is C22H22N2O2. The smallest absolute Gasteiger partial charge is 0.196 e. The predicted molar refractivity (Wildman–Crippen MR) is 107 cm³/mol. The number of aromatic nitrogens is 1. The molecule has 0 aliphatic heterocycles. The van der Waals surface area contributed by atoms with Gasteiger partial charge < -0.3 is 15.1 Å². The molecule has 132 valence electrons. The first-order valence-corrected chi connectivity index (χ1v) is 8.78. The number of nitrogens with two attached hydrogens (primary N) is 1. The molecule has 4 heteroatoms. The van der Waals surface area contributed by atoms with Crippen LogP contribution in [0.3, 0.4) is 0 Å². The van der Waals surface area contributed by atoms with E-state index in [1.807, 2.05) is 52.0 Å². The van der Waals surface area contributed by atoms with Gasteiger partial charge in [-0.1, -0.05) is 6.07 Å². The topological polar surface area (TPSA) is 72.0 Å². The Morgan fingerprint density at radius 1 is 1.08 bits per heavy atom. The zero-order chi connectivity index (χ0) is 18.6. The van der Waals surface area contributed by atoms with Crippen LogP contribution in [0.15, 0.2) is 45.6 Å². The van der Waals surface area contributed by atoms with E-state index in [0.717, 1.165) is 33.3 Å². The van der Waals surface area contributed by atoms with Crippen molar-refractivity contribution in [3.8, 4) is 11.3 Å². The van der Waals surface area contributed by atoms with Gasteiger partial charge in [0.2, 0.25) is 0 Å². The van der Waals surface area contributed by atoms with Gasteiger partial charge in [0.25, 0.3) is 0 Å². The molecule has 0 bridgehead atoms. The molecule has 0 unspecified atom stereocenters. The Hall–Kier alpha value is -2.85. The van der Waals surface area contributed by atoms with Gasteiger partial charge in [-0.3, -0.25) is 4.79 Å². The van der Waals surface area contributed by atoms with Crippen LogP contribution in [0.2, 0.25) is 0 Å². The van der Waals surface area contributed by atoms with E-state index >= 15 is 0 Å². The monoisotopic (exact) mass is 346 g/mol. The van der Waals surface area contributed by atoms with E-state index in [4.69, 9.17) is 10.2 Å². The van der Waals surface area contributed by atoms with Crippen LogP contribution in [-0.2, 0) is 0 Å². The summed E-state index contributed by atoms with van der Waals surface area (Å²) in [5.41, 5.74) is 12.3. The lowest BCUT2D eigenvalue weighted by molar-refractivity contribution is 0.603. The number of fused-ring (bicyclic) bond motifs is 2. The van der Waals surface area contributed by atoms with Gasteiger partial charge in [-0.25, -0.2) is 0 Å². The normalized spacial score (nSPS) is 12.8. The van der Waals surface area contributed by atoms with Crippen molar-refractivity contribution in [1.82, 2.24) is 4.98 Å². The molecule has 4 rings (SSSR count). The number of rotatable bonds is 2. The first-order valence-electron chi connectivity index (χ1n) is 8.78. The van der Waals surface area contributed by atoms with Crippen LogP contribution >= 0.6 is 0 Å². The summed E-state index contributed by atoms with van der Waals surface area (Å²) < 4.78 is 6.27. The van der Waals surface area contributed by atoms with E-state index in [9.17, 15) is 4.79 Å². The molecule has 4 nitrogen and oxygen atoms in total. The summed E-state index contributed by atoms with van der Waals surface area (Å²) in [6, 6.07) is 11.8. The summed E-state index contributed by atoms with van der Waals surface area (Å²) in [5, 5.41) is 1.69. The lowest BCUT2D eigenvalue weighted by atomic mass is 9.99. The van der Waals surface area contributed by atoms with Crippen LogP contribution in [0, 0.1) is 20.8 Å². The molecule has 3 N–H and O–H groups in total. The van der Waals surface area contributed by atoms with Gasteiger partial charge in [-0.2, -0.15) is 0 Å². The molecule has 0 saturated heterocycles. The summed E-state index contributed by atoms with van der Waals surface area (Å²) in [7, 11) is 0. The van der Waals surface area contributed by atoms with E-state index in [-0.39, 0.29) is 11.5 Å². The maximum atomic E-state index is 13.0. The van der Waals surface area contributed by atoms with Crippen molar-refractivity contribution in [3.63, 3.8) is 0 Å². The number of nitrogens with one attached hydrogen (secondary N) is 1. The van der Waals surface area contributed by atoms with Crippen molar-refractivity contribution in [2.24, 2.45) is 5.73 Å². The maximum absolute atomic E-state index is 13.0. The van der Waals surface area contributed by atoms with Crippen molar-refractivity contribution < 1.29 is 4.42 Å². The van der Waals surface area contributed by atoms with E-state index in [2.05, 4.69) is 17.1 Å². The Kier molecular flexibility index (Phi) is 3.74. The van der Waals surface area contributed by atoms with Crippen LogP contribution in [0.5, 0.6) is 0 Å². The van der Waals surface area contributed by atoms with Crippen molar-refractivity contribution in [3.05, 3.63) is 69.0 Å². The van der Waals surface area contributed by atoms with E-state index in [0.29, 0.717) is 22.3 Å². The van der Waals surface area contributed by atoms with E-state index in [1.54, 1.807) is 0 Å². The highest BCUT2D eigenvalue weighted by Gasteiger charge is 2.17. The molecular weight excluding hydrogens is 324 g/mol. The molecule has 0 spiro atoms. The average molecular weight is 346 g/mol. The Morgan fingerprint density at radius 2 is 1.85 bits per heavy atom. The number of benzene rings is 2. The fourth-order valence-electron chi connectivity index (χ4n) is 3.60. The molecule has 0 saturated carbocycles. The maximum Gasteiger partial charge on any atom is 0.196 e. The molecule has 26 heavy (non-hydrogen) atoms. The highest BCUT2D eigenvalue weighted by Crippen LogP contribution is 2.31. The van der Waals surface area contributed by atoms with Crippen LogP contribution in [0.4, 0.5) is 0 Å². The van der Waals surface area contributed by atoms with Crippen LogP contribution in [0.1, 0.15) is 35.3 Å². The third-order valence-corrected chi connectivity index (χ3v) is 4.90. The molecule has 0 amide bonds. The van der Waals surface area contributed by atoms with Gasteiger partial charge in [-0.15, -0.1) is 0 Å². The van der Waals surface area contributed by atoms with Gasteiger partial charge in [0.05, 0.1) is 5.39 Å². The number of hydrogen-bond acceptors (Lipinski definition) is 3. The standard InChI is InChI=1S/C22H22N2O2/c1-11-7-17(14(4)23)22-18(8-11)20(25)13(3)21(26-22)15-5-6-19-16(10-15)9-12(2)24-19/h5-10,14,24H,23H2,1-4H3/t14-/m1/s1. The molecule has 2 heterocycles. The zero-order valence-corrected chi connectivity index (χ0v) is 15.4. The Labute approximate surface area is 151 Å². The third-order valence-electron chi connectivity index (χ3n) is 4.90. The Bertz CT molecular complexity index is 1210. The molecule has 0 radical (unpaired) electrons. The van der Waals surface area contributed by atoms with Crippen LogP contribution in [0.25, 0.3) is 33.2 Å². The first-order chi connectivity index (χ1) is 12.3. The Morgan fingerprint density at radius 3 is 2.58 bits per heavy atom. The van der Waals surface area contributed by atoms with E-state index in [1.165, 1.54) is 0 Å². The quantitative estimate of drug-likeness (QED) is 0.543. The zero-order valence-electron chi connectivity index (χ0n) is 15.4. The first kappa shape index (κ1) is 16.6. The van der Waals surface area contributed by atoms with E-state index < -0.39 is 0 Å². The van der Waals surface area contributed by atoms with Gasteiger partial charge in [-0.05, 0) is 63.6 Å². The molecule has 2 aromatic heterocycles. The second-order valence-electron chi connectivity index (χ2n) is 7.16. The number of hydrogen-bond donors (Lipinski definition) is 2. The van der Waals surface area contributed by atoms with Crippen LogP contribution < -0.4 is 11.2 Å². The van der Waals surface area contributed by atoms with Crippen LogP contribution in [-0.4, -0.2) is 4.98 Å². The third kappa shape index (κ3) is 2.54. The lowest BCUT2D eigenvalue weighted by Gasteiger charge is -2.13. The second kappa shape index (κ2) is 5.85. The molecule has 4 aromatic rings. The minimum Gasteiger partial charge on any atom is -0.455 e. The summed E-state index contributed by atoms with van der Waals surface area (Å²) in [4.78, 5) is 16.3. The molecule has 0 aliphatic carbocycles. The number of aromatic amines is 1. The second-order valence-corrected chi connectivity index (χ2v) is 7.16. The molecule has 0 aliphatic rings. The fourth-order valence-corrected chi connectivity index (χ4v) is 3.60. The van der Waals surface area contributed by atoms with Gasteiger partial charge in [0, 0.05) is 39.3 Å². The highest BCUT2D eigenvalue weighted by atomic mass is 16.3. The molecule has 1 atom stereocenters. The summed E-state index contributed by atoms with van der Waals surface area (Å²) in [5.74, 6) is 0.606. The lowest BCUT2D eigenvalue weighted by Crippen LogP contribution is -2.12. The largest absolute Gasteiger partial charge is 0.455 e. The Balaban J connectivity index is 2.05. The van der Waals surface area contributed by atoms with Crippen molar-refractivity contribution in [1.29, 1.82) is 0 Å². The van der Waals surface area contributed by atoms with Gasteiger partial charge in [0.1, 0.15) is 11.3 Å². The minimum absolute atomic E-state index is 0.00260. The average Bonchev–Trinajstić information content (AvgIpc) is 2.96. The van der Waals surface area contributed by atoms with Crippen molar-refractivity contribution in [2.45, 2.75) is 33.7 Å². The summed E-state index contributed by atoms with van der Waals surface area (Å²) >= 11 is 0. The summed E-state index contributed by atoms with van der Waals surface area (Å²) in [6.45, 7) is 7.72. The van der Waals surface area contributed by atoms with Gasteiger partial charge >= 0.3 is 0 Å². The SMILES string of the molecule is Cc1cc([C@@H](C)N)c2oc(-c3ccc4[nH]c(C)cc4c3)c(C)c(=O)c2c1. The number of aryl methyl sites for hydroxylation is 2. The predicted octanol–water partition coefficient (Wildman–Crippen LogP) is 4.89.